The Morgan fingerprint density at radius 1 is 1.47 bits per heavy atom. The maximum absolute atomic E-state index is 11.5. The molecule has 0 amide bonds. The smallest absolute Gasteiger partial charge is 0.310 e. The number of nitriles is 1. The number of nitrogens with zero attached hydrogens (tertiary/aromatic N) is 1. The Morgan fingerprint density at radius 2 is 2.18 bits per heavy atom. The Labute approximate surface area is 107 Å². The van der Waals surface area contributed by atoms with E-state index in [1.54, 1.807) is 19.1 Å². The summed E-state index contributed by atoms with van der Waals surface area (Å²) in [5.41, 5.74) is 2.40. The van der Waals surface area contributed by atoms with Gasteiger partial charge in [-0.05, 0) is 36.6 Å². The van der Waals surface area contributed by atoms with Crippen LogP contribution in [0.25, 0.3) is 0 Å². The summed E-state index contributed by atoms with van der Waals surface area (Å²) < 4.78 is 4.92. The number of aryl methyl sites for hydroxylation is 1. The first kappa shape index (κ1) is 13.6. The summed E-state index contributed by atoms with van der Waals surface area (Å²) in [7, 11) is 0. The minimum absolute atomic E-state index is 0.210. The van der Waals surface area contributed by atoms with Crippen LogP contribution in [0.2, 0.25) is 0 Å². The molecule has 17 heavy (non-hydrogen) atoms. The number of benzene rings is 1. The van der Waals surface area contributed by atoms with Gasteiger partial charge < -0.3 is 4.74 Å². The topological polar surface area (TPSA) is 50.1 Å². The quantitative estimate of drug-likeness (QED) is 0.659. The molecule has 3 nitrogen and oxygen atoms in total. The summed E-state index contributed by atoms with van der Waals surface area (Å²) in [5.74, 6) is -0.262. The molecule has 0 saturated heterocycles. The molecule has 0 aliphatic heterocycles. The number of thiol groups is 1. The first-order valence-electron chi connectivity index (χ1n) is 5.52. The Kier molecular flexibility index (Phi) is 5.05. The zero-order chi connectivity index (χ0) is 12.8. The molecule has 0 aliphatic rings. The van der Waals surface area contributed by atoms with E-state index < -0.39 is 0 Å². The summed E-state index contributed by atoms with van der Waals surface area (Å²) in [6.07, 6.45) is 0.972. The van der Waals surface area contributed by atoms with Gasteiger partial charge in [0.05, 0.1) is 24.7 Å². The number of esters is 1. The second kappa shape index (κ2) is 6.31. The molecule has 0 N–H and O–H groups in total. The fraction of sp³-hybridized carbons (Fsp3) is 0.385. The molecule has 1 aromatic carbocycles. The molecular weight excluding hydrogens is 234 g/mol. The molecule has 4 heteroatoms. The van der Waals surface area contributed by atoms with Crippen LogP contribution in [0.1, 0.15) is 30.5 Å². The number of ether oxygens (including phenoxy) is 1. The maximum Gasteiger partial charge on any atom is 0.310 e. The highest BCUT2D eigenvalue weighted by Crippen LogP contribution is 2.22. The lowest BCUT2D eigenvalue weighted by atomic mass is 9.99. The Hall–Kier alpha value is -1.47. The predicted molar refractivity (Wildman–Crippen MR) is 68.1 cm³/mol. The maximum atomic E-state index is 11.5. The third-order valence-corrected chi connectivity index (χ3v) is 2.85. The van der Waals surface area contributed by atoms with Gasteiger partial charge in [-0.15, -0.1) is 12.6 Å². The van der Waals surface area contributed by atoms with Crippen molar-refractivity contribution >= 4 is 18.6 Å². The van der Waals surface area contributed by atoms with Gasteiger partial charge in [0.2, 0.25) is 0 Å². The van der Waals surface area contributed by atoms with Crippen molar-refractivity contribution < 1.29 is 9.53 Å². The summed E-state index contributed by atoms with van der Waals surface area (Å²) in [6.45, 7) is 4.13. The monoisotopic (exact) mass is 249 g/mol. The molecular formula is C13H15NO2S. The second-order valence-electron chi connectivity index (χ2n) is 3.58. The predicted octanol–water partition coefficient (Wildman–Crippen LogP) is 2.51. The number of carbonyl (C=O) groups is 1. The minimum atomic E-state index is -0.262. The average Bonchev–Trinajstić information content (AvgIpc) is 2.31. The van der Waals surface area contributed by atoms with Crippen LogP contribution in [0.5, 0.6) is 0 Å². The lowest BCUT2D eigenvalue weighted by Gasteiger charge is -2.11. The Bertz CT molecular complexity index is 463. The van der Waals surface area contributed by atoms with Crippen LogP contribution in [0.4, 0.5) is 0 Å². The normalized spacial score (nSPS) is 9.76. The molecule has 90 valence electrons. The van der Waals surface area contributed by atoms with Gasteiger partial charge in [0.25, 0.3) is 0 Å². The third-order valence-electron chi connectivity index (χ3n) is 2.46. The minimum Gasteiger partial charge on any atom is -0.466 e. The molecule has 0 bridgehead atoms. The van der Waals surface area contributed by atoms with Crippen molar-refractivity contribution in [3.63, 3.8) is 0 Å². The Morgan fingerprint density at radius 3 is 2.71 bits per heavy atom. The van der Waals surface area contributed by atoms with Crippen LogP contribution in [0.3, 0.4) is 0 Å². The van der Waals surface area contributed by atoms with Crippen molar-refractivity contribution in [2.24, 2.45) is 0 Å². The highest BCUT2D eigenvalue weighted by molar-refractivity contribution is 7.80. The standard InChI is InChI=1S/C13H15NO2S/c1-3-10-5-9(8-14)6-12(17)11(10)7-13(15)16-4-2/h5-6,17H,3-4,7H2,1-2H3. The van der Waals surface area contributed by atoms with Gasteiger partial charge in [-0.3, -0.25) is 4.79 Å². The molecule has 0 aliphatic carbocycles. The van der Waals surface area contributed by atoms with Crippen LogP contribution >= 0.6 is 12.6 Å². The number of hydrogen-bond acceptors (Lipinski definition) is 4. The number of hydrogen-bond donors (Lipinski definition) is 1. The molecule has 0 heterocycles. The van der Waals surface area contributed by atoms with Crippen molar-refractivity contribution in [1.82, 2.24) is 0 Å². The van der Waals surface area contributed by atoms with E-state index >= 15 is 0 Å². The van der Waals surface area contributed by atoms with Crippen LogP contribution < -0.4 is 0 Å². The summed E-state index contributed by atoms with van der Waals surface area (Å²) >= 11 is 4.33. The summed E-state index contributed by atoms with van der Waals surface area (Å²) in [5, 5.41) is 8.86. The highest BCUT2D eigenvalue weighted by Gasteiger charge is 2.12. The molecule has 0 saturated carbocycles. The van der Waals surface area contributed by atoms with Gasteiger partial charge in [0.1, 0.15) is 0 Å². The van der Waals surface area contributed by atoms with Gasteiger partial charge in [-0.2, -0.15) is 5.26 Å². The van der Waals surface area contributed by atoms with Gasteiger partial charge in [0.15, 0.2) is 0 Å². The van der Waals surface area contributed by atoms with Crippen LogP contribution in [0.15, 0.2) is 17.0 Å². The largest absolute Gasteiger partial charge is 0.466 e. The van der Waals surface area contributed by atoms with E-state index in [2.05, 4.69) is 18.7 Å². The number of carbonyl (C=O) groups excluding carboxylic acids is 1. The Balaban J connectivity index is 3.06. The highest BCUT2D eigenvalue weighted by atomic mass is 32.1. The van der Waals surface area contributed by atoms with Crippen molar-refractivity contribution in [2.45, 2.75) is 31.6 Å². The van der Waals surface area contributed by atoms with Crippen molar-refractivity contribution in [3.05, 3.63) is 28.8 Å². The van der Waals surface area contributed by atoms with Gasteiger partial charge in [-0.25, -0.2) is 0 Å². The SMILES string of the molecule is CCOC(=O)Cc1c(S)cc(C#N)cc1CC. The fourth-order valence-electron chi connectivity index (χ4n) is 1.66. The molecule has 0 unspecified atom stereocenters. The van der Waals surface area contributed by atoms with E-state index in [0.717, 1.165) is 17.5 Å². The zero-order valence-electron chi connectivity index (χ0n) is 9.99. The fourth-order valence-corrected chi connectivity index (χ4v) is 2.02. The van der Waals surface area contributed by atoms with E-state index in [9.17, 15) is 4.79 Å². The molecule has 0 spiro atoms. The van der Waals surface area contributed by atoms with E-state index in [0.29, 0.717) is 17.1 Å². The van der Waals surface area contributed by atoms with E-state index in [-0.39, 0.29) is 12.4 Å². The third kappa shape index (κ3) is 3.50. The number of rotatable bonds is 4. The lowest BCUT2D eigenvalue weighted by Crippen LogP contribution is -2.10. The van der Waals surface area contributed by atoms with E-state index in [1.807, 2.05) is 6.92 Å². The van der Waals surface area contributed by atoms with Crippen molar-refractivity contribution in [1.29, 1.82) is 5.26 Å². The van der Waals surface area contributed by atoms with Crippen molar-refractivity contribution in [3.8, 4) is 6.07 Å². The molecule has 0 radical (unpaired) electrons. The molecule has 0 fully saturated rings. The zero-order valence-corrected chi connectivity index (χ0v) is 10.9. The van der Waals surface area contributed by atoms with Crippen LogP contribution in [0, 0.1) is 11.3 Å². The average molecular weight is 249 g/mol. The van der Waals surface area contributed by atoms with Gasteiger partial charge in [0, 0.05) is 4.90 Å². The lowest BCUT2D eigenvalue weighted by molar-refractivity contribution is -0.142. The van der Waals surface area contributed by atoms with Gasteiger partial charge in [-0.1, -0.05) is 6.92 Å². The van der Waals surface area contributed by atoms with Crippen LogP contribution in [-0.4, -0.2) is 12.6 Å². The molecule has 0 atom stereocenters. The second-order valence-corrected chi connectivity index (χ2v) is 4.06. The van der Waals surface area contributed by atoms with Crippen molar-refractivity contribution in [2.75, 3.05) is 6.61 Å². The first-order chi connectivity index (χ1) is 8.12. The van der Waals surface area contributed by atoms with E-state index in [4.69, 9.17) is 10.00 Å². The molecule has 0 aromatic heterocycles. The first-order valence-corrected chi connectivity index (χ1v) is 5.97. The summed E-state index contributed by atoms with van der Waals surface area (Å²) in [6, 6.07) is 5.56. The van der Waals surface area contributed by atoms with Gasteiger partial charge >= 0.3 is 5.97 Å². The van der Waals surface area contributed by atoms with E-state index in [1.165, 1.54) is 0 Å². The summed E-state index contributed by atoms with van der Waals surface area (Å²) in [4.78, 5) is 12.1. The van der Waals surface area contributed by atoms with Crippen LogP contribution in [-0.2, 0) is 22.4 Å². The molecule has 1 aromatic rings. The molecule has 1 rings (SSSR count).